The third-order valence-corrected chi connectivity index (χ3v) is 5.60. The predicted molar refractivity (Wildman–Crippen MR) is 122 cm³/mol. The molecule has 1 aromatic rings. The molecule has 26 heavy (non-hydrogen) atoms. The summed E-state index contributed by atoms with van der Waals surface area (Å²) in [5.41, 5.74) is 1.34. The largest absolute Gasteiger partial charge is 0.371 e. The van der Waals surface area contributed by atoms with E-state index in [-0.39, 0.29) is 24.0 Å². The van der Waals surface area contributed by atoms with Crippen molar-refractivity contribution in [1.82, 2.24) is 15.5 Å². The number of halogens is 1. The van der Waals surface area contributed by atoms with Crippen molar-refractivity contribution in [3.8, 4) is 0 Å². The maximum absolute atomic E-state index is 4.40. The van der Waals surface area contributed by atoms with Gasteiger partial charge in [-0.2, -0.15) is 0 Å². The molecule has 2 atom stereocenters. The van der Waals surface area contributed by atoms with E-state index in [1.54, 1.807) is 0 Å². The minimum Gasteiger partial charge on any atom is -0.371 e. The van der Waals surface area contributed by atoms with E-state index in [0.717, 1.165) is 38.7 Å². The van der Waals surface area contributed by atoms with Gasteiger partial charge in [-0.05, 0) is 50.4 Å². The number of guanidine groups is 1. The Hall–Kier alpha value is -1.02. The highest BCUT2D eigenvalue weighted by molar-refractivity contribution is 14.0. The van der Waals surface area contributed by atoms with Crippen LogP contribution >= 0.6 is 24.0 Å². The summed E-state index contributed by atoms with van der Waals surface area (Å²) in [6.45, 7) is 8.90. The summed E-state index contributed by atoms with van der Waals surface area (Å²) in [7, 11) is 1.87. The SMILES string of the molecule is CCN1CCCC1CNC(=NC)NCC1CCN(c2ccccc2)C1.I. The highest BCUT2D eigenvalue weighted by atomic mass is 127. The maximum atomic E-state index is 4.40. The van der Waals surface area contributed by atoms with Crippen LogP contribution in [0.3, 0.4) is 0 Å². The Morgan fingerprint density at radius 2 is 1.88 bits per heavy atom. The molecule has 2 fully saturated rings. The zero-order chi connectivity index (χ0) is 17.5. The molecule has 2 unspecified atom stereocenters. The normalized spacial score (nSPS) is 23.8. The lowest BCUT2D eigenvalue weighted by Crippen LogP contribution is -2.46. The lowest BCUT2D eigenvalue weighted by Gasteiger charge is -2.24. The molecule has 2 saturated heterocycles. The number of hydrogen-bond donors (Lipinski definition) is 2. The van der Waals surface area contributed by atoms with Gasteiger partial charge in [0.05, 0.1) is 0 Å². The fourth-order valence-electron chi connectivity index (χ4n) is 4.09. The molecule has 0 bridgehead atoms. The summed E-state index contributed by atoms with van der Waals surface area (Å²) >= 11 is 0. The third-order valence-electron chi connectivity index (χ3n) is 5.60. The van der Waals surface area contributed by atoms with Crippen molar-refractivity contribution in [3.05, 3.63) is 30.3 Å². The summed E-state index contributed by atoms with van der Waals surface area (Å²) < 4.78 is 0. The number of anilines is 1. The predicted octanol–water partition coefficient (Wildman–Crippen LogP) is 2.78. The van der Waals surface area contributed by atoms with Crippen LogP contribution in [0, 0.1) is 5.92 Å². The molecule has 146 valence electrons. The minimum atomic E-state index is 0. The van der Waals surface area contributed by atoms with Crippen molar-refractivity contribution in [2.75, 3.05) is 51.2 Å². The van der Waals surface area contributed by atoms with Crippen LogP contribution in [0.1, 0.15) is 26.2 Å². The van der Waals surface area contributed by atoms with E-state index >= 15 is 0 Å². The van der Waals surface area contributed by atoms with Crippen LogP contribution in [0.15, 0.2) is 35.3 Å². The third kappa shape index (κ3) is 5.74. The second kappa shape index (κ2) is 11.0. The zero-order valence-corrected chi connectivity index (χ0v) is 18.5. The quantitative estimate of drug-likeness (QED) is 0.381. The monoisotopic (exact) mass is 471 g/mol. The summed E-state index contributed by atoms with van der Waals surface area (Å²) in [6.07, 6.45) is 3.86. The molecule has 0 saturated carbocycles. The molecule has 2 aliphatic heterocycles. The van der Waals surface area contributed by atoms with Crippen molar-refractivity contribution in [3.63, 3.8) is 0 Å². The van der Waals surface area contributed by atoms with Crippen molar-refractivity contribution in [2.24, 2.45) is 10.9 Å². The first-order valence-corrected chi connectivity index (χ1v) is 9.78. The molecule has 0 aliphatic carbocycles. The number of nitrogens with one attached hydrogen (secondary N) is 2. The Balaban J connectivity index is 0.00000243. The van der Waals surface area contributed by atoms with Crippen LogP contribution in [0.4, 0.5) is 5.69 Å². The molecular formula is C20H34IN5. The van der Waals surface area contributed by atoms with Crippen molar-refractivity contribution in [1.29, 1.82) is 0 Å². The van der Waals surface area contributed by atoms with Gasteiger partial charge in [0.15, 0.2) is 5.96 Å². The molecule has 0 amide bonds. The molecule has 2 N–H and O–H groups in total. The first-order valence-electron chi connectivity index (χ1n) is 9.78. The van der Waals surface area contributed by atoms with Gasteiger partial charge in [-0.1, -0.05) is 25.1 Å². The van der Waals surface area contributed by atoms with E-state index in [4.69, 9.17) is 0 Å². The fraction of sp³-hybridized carbons (Fsp3) is 0.650. The van der Waals surface area contributed by atoms with Gasteiger partial charge in [0, 0.05) is 45.0 Å². The highest BCUT2D eigenvalue weighted by Gasteiger charge is 2.24. The number of benzene rings is 1. The van der Waals surface area contributed by atoms with Gasteiger partial charge >= 0.3 is 0 Å². The van der Waals surface area contributed by atoms with E-state index in [0.29, 0.717) is 12.0 Å². The van der Waals surface area contributed by atoms with Gasteiger partial charge in [-0.3, -0.25) is 9.89 Å². The average Bonchev–Trinajstić information content (AvgIpc) is 3.31. The molecule has 3 rings (SSSR count). The molecule has 5 nitrogen and oxygen atoms in total. The molecule has 2 aliphatic rings. The average molecular weight is 471 g/mol. The molecule has 2 heterocycles. The van der Waals surface area contributed by atoms with Crippen LogP contribution in [0.2, 0.25) is 0 Å². The van der Waals surface area contributed by atoms with Gasteiger partial charge in [0.2, 0.25) is 0 Å². The molecule has 0 spiro atoms. The van der Waals surface area contributed by atoms with Crippen LogP contribution in [-0.2, 0) is 0 Å². The molecule has 0 aromatic heterocycles. The minimum absolute atomic E-state index is 0. The Bertz CT molecular complexity index is 550. The number of likely N-dealkylation sites (N-methyl/N-ethyl adjacent to an activating group) is 1. The molecule has 0 radical (unpaired) electrons. The van der Waals surface area contributed by atoms with E-state index in [2.05, 4.69) is 62.7 Å². The number of hydrogen-bond acceptors (Lipinski definition) is 3. The van der Waals surface area contributed by atoms with Crippen molar-refractivity contribution < 1.29 is 0 Å². The highest BCUT2D eigenvalue weighted by Crippen LogP contribution is 2.22. The lowest BCUT2D eigenvalue weighted by atomic mass is 10.1. The van der Waals surface area contributed by atoms with Crippen LogP contribution in [-0.4, -0.2) is 63.2 Å². The first kappa shape index (κ1) is 21.3. The topological polar surface area (TPSA) is 42.9 Å². The number of rotatable bonds is 6. The summed E-state index contributed by atoms with van der Waals surface area (Å²) in [5, 5.41) is 7.06. The van der Waals surface area contributed by atoms with Crippen LogP contribution in [0.25, 0.3) is 0 Å². The molecular weight excluding hydrogens is 437 g/mol. The Kier molecular flexibility index (Phi) is 8.98. The lowest BCUT2D eigenvalue weighted by molar-refractivity contribution is 0.267. The fourth-order valence-corrected chi connectivity index (χ4v) is 4.09. The summed E-state index contributed by atoms with van der Waals surface area (Å²) in [6, 6.07) is 11.4. The van der Waals surface area contributed by atoms with Crippen LogP contribution < -0.4 is 15.5 Å². The van der Waals surface area contributed by atoms with E-state index in [1.807, 2.05) is 7.05 Å². The second-order valence-corrected chi connectivity index (χ2v) is 7.19. The van der Waals surface area contributed by atoms with E-state index in [9.17, 15) is 0 Å². The Morgan fingerprint density at radius 1 is 1.12 bits per heavy atom. The van der Waals surface area contributed by atoms with Crippen molar-refractivity contribution in [2.45, 2.75) is 32.2 Å². The summed E-state index contributed by atoms with van der Waals surface area (Å²) in [4.78, 5) is 9.45. The smallest absolute Gasteiger partial charge is 0.191 e. The Labute approximate surface area is 175 Å². The van der Waals surface area contributed by atoms with Gasteiger partial charge in [0.1, 0.15) is 0 Å². The number of nitrogens with zero attached hydrogens (tertiary/aromatic N) is 3. The standard InChI is InChI=1S/C20H33N5.HI/c1-3-24-12-7-10-19(24)15-23-20(21-2)22-14-17-11-13-25(16-17)18-8-5-4-6-9-18;/h4-6,8-9,17,19H,3,7,10-16H2,1-2H3,(H2,21,22,23);1H. The second-order valence-electron chi connectivity index (χ2n) is 7.19. The summed E-state index contributed by atoms with van der Waals surface area (Å²) in [5.74, 6) is 1.62. The number of aliphatic imine (C=N–C) groups is 1. The Morgan fingerprint density at radius 3 is 2.62 bits per heavy atom. The van der Waals surface area contributed by atoms with Gasteiger partial charge in [-0.15, -0.1) is 24.0 Å². The number of likely N-dealkylation sites (tertiary alicyclic amines) is 1. The van der Waals surface area contributed by atoms with Gasteiger partial charge in [-0.25, -0.2) is 0 Å². The van der Waals surface area contributed by atoms with Crippen LogP contribution in [0.5, 0.6) is 0 Å². The maximum Gasteiger partial charge on any atom is 0.191 e. The molecule has 6 heteroatoms. The zero-order valence-electron chi connectivity index (χ0n) is 16.2. The van der Waals surface area contributed by atoms with E-state index in [1.165, 1.54) is 31.5 Å². The van der Waals surface area contributed by atoms with E-state index < -0.39 is 0 Å². The number of para-hydroxylation sites is 1. The first-order chi connectivity index (χ1) is 12.3. The van der Waals surface area contributed by atoms with Crippen molar-refractivity contribution >= 4 is 35.6 Å². The van der Waals surface area contributed by atoms with Gasteiger partial charge < -0.3 is 15.5 Å². The molecule has 1 aromatic carbocycles. The van der Waals surface area contributed by atoms with Gasteiger partial charge in [0.25, 0.3) is 0 Å².